The number of esters is 1. The van der Waals surface area contributed by atoms with Gasteiger partial charge in [0.15, 0.2) is 11.5 Å². The van der Waals surface area contributed by atoms with Gasteiger partial charge in [0, 0.05) is 6.04 Å². The fraction of sp³-hybridized carbons (Fsp3) is 0.533. The molecule has 1 rings (SSSR count). The van der Waals surface area contributed by atoms with E-state index >= 15 is 0 Å². The first-order valence-electron chi connectivity index (χ1n) is 6.70. The molecule has 112 valence electrons. The van der Waals surface area contributed by atoms with Crippen LogP contribution in [0.3, 0.4) is 0 Å². The topological polar surface area (TPSA) is 56.8 Å². The Balaban J connectivity index is 2.53. The fourth-order valence-electron chi connectivity index (χ4n) is 1.90. The number of carbonyl (C=O) groups is 1. The molecule has 0 radical (unpaired) electrons. The Bertz CT molecular complexity index is 434. The third kappa shape index (κ3) is 5.09. The SMILES string of the molecule is CCOC(=O)CNC(C)Cc1ccc(OC)c(OC)c1. The highest BCUT2D eigenvalue weighted by atomic mass is 16.5. The van der Waals surface area contributed by atoms with Gasteiger partial charge < -0.3 is 19.5 Å². The summed E-state index contributed by atoms with van der Waals surface area (Å²) in [5, 5.41) is 3.14. The van der Waals surface area contributed by atoms with Crippen molar-refractivity contribution in [3.63, 3.8) is 0 Å². The van der Waals surface area contributed by atoms with Gasteiger partial charge >= 0.3 is 5.97 Å². The molecule has 0 fully saturated rings. The van der Waals surface area contributed by atoms with Gasteiger partial charge in [0.05, 0.1) is 27.4 Å². The first-order chi connectivity index (χ1) is 9.60. The van der Waals surface area contributed by atoms with Crippen molar-refractivity contribution < 1.29 is 19.0 Å². The minimum Gasteiger partial charge on any atom is -0.493 e. The predicted molar refractivity (Wildman–Crippen MR) is 77.3 cm³/mol. The molecule has 0 amide bonds. The summed E-state index contributed by atoms with van der Waals surface area (Å²) < 4.78 is 15.3. The van der Waals surface area contributed by atoms with Gasteiger partial charge in [0.1, 0.15) is 0 Å². The van der Waals surface area contributed by atoms with Gasteiger partial charge in [0.2, 0.25) is 0 Å². The Morgan fingerprint density at radius 2 is 1.95 bits per heavy atom. The quantitative estimate of drug-likeness (QED) is 0.736. The van der Waals surface area contributed by atoms with Crippen LogP contribution in [0, 0.1) is 0 Å². The molecule has 0 spiro atoms. The molecule has 1 aromatic rings. The van der Waals surface area contributed by atoms with Crippen LogP contribution < -0.4 is 14.8 Å². The fourth-order valence-corrected chi connectivity index (χ4v) is 1.90. The lowest BCUT2D eigenvalue weighted by atomic mass is 10.1. The van der Waals surface area contributed by atoms with Crippen molar-refractivity contribution in [2.75, 3.05) is 27.4 Å². The third-order valence-corrected chi connectivity index (χ3v) is 2.89. The molecule has 0 heterocycles. The molecule has 0 saturated carbocycles. The zero-order valence-electron chi connectivity index (χ0n) is 12.6. The van der Waals surface area contributed by atoms with E-state index in [0.29, 0.717) is 18.1 Å². The maximum Gasteiger partial charge on any atom is 0.319 e. The van der Waals surface area contributed by atoms with Crippen LogP contribution in [0.1, 0.15) is 19.4 Å². The van der Waals surface area contributed by atoms with E-state index in [1.54, 1.807) is 21.1 Å². The van der Waals surface area contributed by atoms with E-state index in [9.17, 15) is 4.79 Å². The molecule has 0 saturated heterocycles. The Morgan fingerprint density at radius 3 is 2.55 bits per heavy atom. The molecule has 1 unspecified atom stereocenters. The molecule has 5 heteroatoms. The minimum atomic E-state index is -0.230. The normalized spacial score (nSPS) is 11.8. The van der Waals surface area contributed by atoms with Crippen molar-refractivity contribution in [3.05, 3.63) is 23.8 Å². The lowest BCUT2D eigenvalue weighted by molar-refractivity contribution is -0.142. The Hall–Kier alpha value is -1.75. The van der Waals surface area contributed by atoms with Gasteiger partial charge in [-0.25, -0.2) is 0 Å². The Kier molecular flexibility index (Phi) is 6.87. The van der Waals surface area contributed by atoms with Crippen LogP contribution in [-0.4, -0.2) is 39.4 Å². The number of methoxy groups -OCH3 is 2. The second-order valence-corrected chi connectivity index (χ2v) is 4.48. The van der Waals surface area contributed by atoms with E-state index in [1.807, 2.05) is 25.1 Å². The van der Waals surface area contributed by atoms with E-state index < -0.39 is 0 Å². The van der Waals surface area contributed by atoms with Gasteiger partial charge in [0.25, 0.3) is 0 Å². The van der Waals surface area contributed by atoms with Crippen LogP contribution in [0.4, 0.5) is 0 Å². The van der Waals surface area contributed by atoms with Crippen molar-refractivity contribution >= 4 is 5.97 Å². The lowest BCUT2D eigenvalue weighted by Gasteiger charge is -2.15. The first-order valence-corrected chi connectivity index (χ1v) is 6.70. The molecule has 1 atom stereocenters. The molecule has 0 bridgehead atoms. The number of benzene rings is 1. The van der Waals surface area contributed by atoms with Gasteiger partial charge in [-0.2, -0.15) is 0 Å². The summed E-state index contributed by atoms with van der Waals surface area (Å²) in [4.78, 5) is 11.3. The van der Waals surface area contributed by atoms with Gasteiger partial charge in [-0.05, 0) is 38.0 Å². The van der Waals surface area contributed by atoms with E-state index in [-0.39, 0.29) is 18.6 Å². The monoisotopic (exact) mass is 281 g/mol. The molecule has 20 heavy (non-hydrogen) atoms. The minimum absolute atomic E-state index is 0.164. The second-order valence-electron chi connectivity index (χ2n) is 4.48. The summed E-state index contributed by atoms with van der Waals surface area (Å²) in [6.07, 6.45) is 0.791. The molecule has 5 nitrogen and oxygen atoms in total. The Labute approximate surface area is 120 Å². The van der Waals surface area contributed by atoms with E-state index in [4.69, 9.17) is 14.2 Å². The molecule has 0 aliphatic rings. The summed E-state index contributed by atoms with van der Waals surface area (Å²) in [5.41, 5.74) is 1.12. The number of hydrogen-bond donors (Lipinski definition) is 1. The number of carbonyl (C=O) groups excluding carboxylic acids is 1. The van der Waals surface area contributed by atoms with E-state index in [0.717, 1.165) is 12.0 Å². The molecule has 0 aromatic heterocycles. The van der Waals surface area contributed by atoms with Crippen LogP contribution in [-0.2, 0) is 16.0 Å². The van der Waals surface area contributed by atoms with Crippen molar-refractivity contribution in [1.29, 1.82) is 0 Å². The van der Waals surface area contributed by atoms with Crippen LogP contribution in [0.15, 0.2) is 18.2 Å². The first kappa shape index (κ1) is 16.3. The standard InChI is InChI=1S/C15H23NO4/c1-5-20-15(17)10-16-11(2)8-12-6-7-13(18-3)14(9-12)19-4/h6-7,9,11,16H,5,8,10H2,1-4H3. The lowest BCUT2D eigenvalue weighted by Crippen LogP contribution is -2.33. The van der Waals surface area contributed by atoms with Gasteiger partial charge in [-0.1, -0.05) is 6.07 Å². The highest BCUT2D eigenvalue weighted by molar-refractivity contribution is 5.71. The zero-order valence-corrected chi connectivity index (χ0v) is 12.6. The van der Waals surface area contributed by atoms with Crippen LogP contribution in [0.25, 0.3) is 0 Å². The summed E-state index contributed by atoms with van der Waals surface area (Å²) in [6, 6.07) is 5.98. The third-order valence-electron chi connectivity index (χ3n) is 2.89. The molecule has 0 aliphatic carbocycles. The summed E-state index contributed by atoms with van der Waals surface area (Å²) >= 11 is 0. The van der Waals surface area contributed by atoms with Crippen molar-refractivity contribution in [3.8, 4) is 11.5 Å². The highest BCUT2D eigenvalue weighted by Crippen LogP contribution is 2.27. The molecule has 0 aliphatic heterocycles. The van der Waals surface area contributed by atoms with Crippen molar-refractivity contribution in [2.45, 2.75) is 26.3 Å². The second kappa shape index (κ2) is 8.43. The molecule has 1 aromatic carbocycles. The molecular formula is C15H23NO4. The summed E-state index contributed by atoms with van der Waals surface area (Å²) in [7, 11) is 3.23. The molecular weight excluding hydrogens is 258 g/mol. The number of rotatable bonds is 8. The predicted octanol–water partition coefficient (Wildman–Crippen LogP) is 1.79. The maximum atomic E-state index is 11.3. The highest BCUT2D eigenvalue weighted by Gasteiger charge is 2.09. The number of ether oxygens (including phenoxy) is 3. The van der Waals surface area contributed by atoms with Crippen LogP contribution in [0.5, 0.6) is 11.5 Å². The maximum absolute atomic E-state index is 11.3. The van der Waals surface area contributed by atoms with Gasteiger partial charge in [-0.3, -0.25) is 4.79 Å². The van der Waals surface area contributed by atoms with E-state index in [2.05, 4.69) is 5.32 Å². The average molecular weight is 281 g/mol. The Morgan fingerprint density at radius 1 is 1.25 bits per heavy atom. The zero-order chi connectivity index (χ0) is 15.0. The number of hydrogen-bond acceptors (Lipinski definition) is 5. The van der Waals surface area contributed by atoms with Gasteiger partial charge in [-0.15, -0.1) is 0 Å². The molecule has 1 N–H and O–H groups in total. The van der Waals surface area contributed by atoms with Crippen LogP contribution in [0.2, 0.25) is 0 Å². The summed E-state index contributed by atoms with van der Waals surface area (Å²) in [6.45, 7) is 4.45. The van der Waals surface area contributed by atoms with Crippen LogP contribution >= 0.6 is 0 Å². The number of nitrogens with one attached hydrogen (secondary N) is 1. The largest absolute Gasteiger partial charge is 0.493 e. The average Bonchev–Trinajstić information content (AvgIpc) is 2.45. The van der Waals surface area contributed by atoms with Crippen molar-refractivity contribution in [2.24, 2.45) is 0 Å². The summed E-state index contributed by atoms with van der Waals surface area (Å²) in [5.74, 6) is 1.19. The smallest absolute Gasteiger partial charge is 0.319 e. The van der Waals surface area contributed by atoms with E-state index in [1.165, 1.54) is 0 Å². The van der Waals surface area contributed by atoms with Crippen molar-refractivity contribution in [1.82, 2.24) is 5.32 Å².